The Balaban J connectivity index is 1.75. The first-order valence-corrected chi connectivity index (χ1v) is 19.6. The van der Waals surface area contributed by atoms with E-state index in [0.29, 0.717) is 41.0 Å². The van der Waals surface area contributed by atoms with E-state index in [4.69, 9.17) is 110 Å². The van der Waals surface area contributed by atoms with Crippen molar-refractivity contribution in [3.63, 3.8) is 0 Å². The van der Waals surface area contributed by atoms with Crippen LogP contribution in [-0.4, -0.2) is 159 Å². The molecule has 0 aliphatic heterocycles. The minimum Gasteiger partial charge on any atom is -0.360 e. The molecule has 28 radical (unpaired) electrons. The maximum atomic E-state index is 15.1. The highest BCUT2D eigenvalue weighted by atomic mass is 32.2. The van der Waals surface area contributed by atoms with Crippen molar-refractivity contribution >= 4 is 171 Å². The van der Waals surface area contributed by atoms with Crippen molar-refractivity contribution in [2.45, 2.75) is 72.8 Å². The van der Waals surface area contributed by atoms with Gasteiger partial charge in [-0.15, -0.1) is 0 Å². The highest BCUT2D eigenvalue weighted by Gasteiger charge is 2.50. The van der Waals surface area contributed by atoms with E-state index in [1.165, 1.54) is 21.6 Å². The first-order valence-electron chi connectivity index (χ1n) is 18.6. The largest absolute Gasteiger partial charge is 0.415 e. The van der Waals surface area contributed by atoms with Crippen molar-refractivity contribution in [2.75, 3.05) is 13.1 Å². The van der Waals surface area contributed by atoms with Crippen LogP contribution in [0.3, 0.4) is 0 Å². The Hall–Kier alpha value is -3.05. The summed E-state index contributed by atoms with van der Waals surface area (Å²) in [7, 11) is 91.1. The van der Waals surface area contributed by atoms with Crippen LogP contribution in [0.25, 0.3) is 11.1 Å². The van der Waals surface area contributed by atoms with Crippen molar-refractivity contribution < 1.29 is 22.4 Å². The van der Waals surface area contributed by atoms with Gasteiger partial charge in [0, 0.05) is 22.6 Å². The van der Waals surface area contributed by atoms with Gasteiger partial charge in [-0.05, 0) is 77.2 Å². The summed E-state index contributed by atoms with van der Waals surface area (Å²) in [4.78, 5) is 34.6. The maximum Gasteiger partial charge on any atom is 0.415 e. The molecule has 61 heavy (non-hydrogen) atoms. The van der Waals surface area contributed by atoms with Crippen LogP contribution < -0.4 is 49.3 Å². The molecule has 25 heteroatoms. The number of fused-ring (bicyclic) bond motifs is 1. The molecular weight excluding hydrogens is 780 g/mol. The zero-order valence-corrected chi connectivity index (χ0v) is 34.2. The number of carbonyl (C=O) groups is 1. The number of amides is 1. The average molecular weight is 804 g/mol. The molecule has 0 fully saturated rings. The standard InChI is InChI=1S/C36H24B14F4N4O2S/c1-3-56(4-2)35(47,48)36(49,50)58(18(59)12-57-17-7-5-6-16(17)31(60)55-32(57)61-13-14-8-10-15(51)11-9-14)33(45,46)21-27(41)23(37)19(24(38)28(21)42)20-25(39)29(43)22(34(52,53)54)30(44)26(20)40/h8-11H,3-7,12-13H2,1-2H3. The lowest BCUT2D eigenvalue weighted by molar-refractivity contribution is -0.137. The predicted molar refractivity (Wildman–Crippen MR) is 248 cm³/mol. The number of nitrogens with zero attached hydrogens (tertiary/aromatic N) is 4. The molecule has 0 spiro atoms. The van der Waals surface area contributed by atoms with Gasteiger partial charge < -0.3 is 14.4 Å². The number of hydrogen-bond acceptors (Lipinski definition) is 5. The van der Waals surface area contributed by atoms with Crippen molar-refractivity contribution in [3.05, 3.63) is 68.4 Å². The fourth-order valence-corrected chi connectivity index (χ4v) is 8.70. The summed E-state index contributed by atoms with van der Waals surface area (Å²) < 4.78 is 57.0. The zero-order chi connectivity index (χ0) is 45.9. The molecule has 0 atom stereocenters. The third-order valence-corrected chi connectivity index (χ3v) is 12.0. The molecule has 0 saturated carbocycles. The Morgan fingerprint density at radius 3 is 1.67 bits per heavy atom. The molecule has 4 aromatic rings. The normalized spacial score (nSPS) is 13.4. The van der Waals surface area contributed by atoms with Gasteiger partial charge in [-0.25, -0.2) is 4.39 Å². The van der Waals surface area contributed by atoms with Crippen molar-refractivity contribution in [1.82, 2.24) is 19.4 Å². The van der Waals surface area contributed by atoms with Crippen molar-refractivity contribution in [3.8, 4) is 11.1 Å². The molecule has 0 saturated heterocycles. The monoisotopic (exact) mass is 806 g/mol. The van der Waals surface area contributed by atoms with Gasteiger partial charge in [-0.2, -0.15) is 18.2 Å². The smallest absolute Gasteiger partial charge is 0.360 e. The van der Waals surface area contributed by atoms with Crippen LogP contribution in [0.4, 0.5) is 17.6 Å². The van der Waals surface area contributed by atoms with Gasteiger partial charge >= 0.3 is 6.18 Å². The van der Waals surface area contributed by atoms with Gasteiger partial charge in [-0.1, -0.05) is 87.0 Å². The summed E-state index contributed by atoms with van der Waals surface area (Å²) in [6.07, 6.45) is -3.77. The second-order valence-corrected chi connectivity index (χ2v) is 15.6. The van der Waals surface area contributed by atoms with E-state index in [1.807, 2.05) is 0 Å². The number of hydrogen-bond donors (Lipinski definition) is 0. The summed E-state index contributed by atoms with van der Waals surface area (Å²) in [5.74, 6) is -1.30. The second kappa shape index (κ2) is 17.8. The lowest BCUT2D eigenvalue weighted by Crippen LogP contribution is -2.78. The molecule has 3 aromatic carbocycles. The molecule has 0 unspecified atom stereocenters. The Bertz CT molecular complexity index is 2390. The lowest BCUT2D eigenvalue weighted by Gasteiger charge is -2.62. The third-order valence-electron chi connectivity index (χ3n) is 10.9. The van der Waals surface area contributed by atoms with Crippen LogP contribution in [0.15, 0.2) is 34.2 Å². The number of benzene rings is 3. The Morgan fingerprint density at radius 2 is 1.21 bits per heavy atom. The Morgan fingerprint density at radius 1 is 0.738 bits per heavy atom. The maximum absolute atomic E-state index is 15.1. The fraction of sp³-hybridized carbons (Fsp3) is 0.361. The lowest BCUT2D eigenvalue weighted by atomic mass is 9.34. The van der Waals surface area contributed by atoms with Gasteiger partial charge in [0.2, 0.25) is 5.91 Å². The fourth-order valence-electron chi connectivity index (χ4n) is 7.74. The van der Waals surface area contributed by atoms with Gasteiger partial charge in [0.25, 0.3) is 5.56 Å². The number of aromatic nitrogens is 2. The third kappa shape index (κ3) is 8.66. The molecule has 5 rings (SSSR count). The molecule has 0 bridgehead atoms. The highest BCUT2D eigenvalue weighted by Crippen LogP contribution is 2.35. The molecule has 0 N–H and O–H groups in total. The van der Waals surface area contributed by atoms with Crippen LogP contribution in [0.1, 0.15) is 48.2 Å². The number of alkyl halides is 3. The summed E-state index contributed by atoms with van der Waals surface area (Å²) in [6, 6.07) is 5.65. The topological polar surface area (TPSA) is 58.4 Å². The van der Waals surface area contributed by atoms with Crippen LogP contribution in [0.2, 0.25) is 0 Å². The number of likely N-dealkylation sites (N-methyl/N-ethyl adjacent to an activating group) is 1. The van der Waals surface area contributed by atoms with Crippen LogP contribution in [-0.2, 0) is 41.4 Å². The van der Waals surface area contributed by atoms with Crippen LogP contribution in [0.5, 0.6) is 0 Å². The summed E-state index contributed by atoms with van der Waals surface area (Å²) in [5, 5.41) is -7.83. The first-order chi connectivity index (χ1) is 28.2. The van der Waals surface area contributed by atoms with E-state index >= 15 is 4.79 Å². The van der Waals surface area contributed by atoms with E-state index in [9.17, 15) is 22.4 Å². The molecule has 1 aromatic heterocycles. The quantitative estimate of drug-likeness (QED) is 0.0586. The summed E-state index contributed by atoms with van der Waals surface area (Å²) in [6.45, 7) is 2.99. The summed E-state index contributed by atoms with van der Waals surface area (Å²) in [5.41, 5.74) is -7.55. The molecule has 6 nitrogen and oxygen atoms in total. The molecule has 1 amide bonds. The van der Waals surface area contributed by atoms with Crippen LogP contribution >= 0.6 is 11.8 Å². The van der Waals surface area contributed by atoms with Crippen LogP contribution in [0, 0.1) is 5.82 Å². The van der Waals surface area contributed by atoms with Gasteiger partial charge in [0.05, 0.1) is 47.1 Å². The molecule has 1 aliphatic carbocycles. The van der Waals surface area contributed by atoms with E-state index in [2.05, 4.69) is 4.98 Å². The number of halogens is 4. The first kappa shape index (κ1) is 49.0. The molecular formula is C36H24B14F4N4O2S. The van der Waals surface area contributed by atoms with E-state index in [1.54, 1.807) is 26.0 Å². The minimum absolute atomic E-state index is 0.0974. The molecule has 1 aliphatic rings. The predicted octanol–water partition coefficient (Wildman–Crippen LogP) is -5.50. The van der Waals surface area contributed by atoms with E-state index in [-0.39, 0.29) is 24.0 Å². The van der Waals surface area contributed by atoms with E-state index < -0.39 is 112 Å². The number of carbonyl (C=O) groups excluding carboxylic acids is 1. The van der Waals surface area contributed by atoms with Gasteiger partial charge in [0.1, 0.15) is 75.1 Å². The van der Waals surface area contributed by atoms with Gasteiger partial charge in [0.15, 0.2) is 5.16 Å². The van der Waals surface area contributed by atoms with E-state index in [0.717, 1.165) is 11.8 Å². The minimum atomic E-state index is -5.07. The highest BCUT2D eigenvalue weighted by molar-refractivity contribution is 7.98. The molecule has 1 heterocycles. The average Bonchev–Trinajstić information content (AvgIpc) is 3.66. The SMILES string of the molecule is [B]c1c([B])c(C(F)(F)F)c([B])c([B])c1-c1c([B])c([B])c(C([B])([B])N(C(=O)Cn2c(SCc3ccc(F)cc3)nc(=O)c3c2CCC3)C([B])([B])C([B])([B])N(CC)CC)c([B])c1[B]. The number of thioether (sulfide) groups is 1. The van der Waals surface area contributed by atoms with Crippen molar-refractivity contribution in [1.29, 1.82) is 0 Å². The second-order valence-electron chi connectivity index (χ2n) is 14.7. The summed E-state index contributed by atoms with van der Waals surface area (Å²) >= 11 is 1.09. The Labute approximate surface area is 376 Å². The van der Waals surface area contributed by atoms with Gasteiger partial charge in [-0.3, -0.25) is 9.59 Å². The zero-order valence-electron chi connectivity index (χ0n) is 33.4. The number of rotatable bonds is 13. The Kier molecular flexibility index (Phi) is 14.3. The molecule has 276 valence electrons. The van der Waals surface area contributed by atoms with Crippen molar-refractivity contribution in [2.24, 2.45) is 0 Å².